The maximum absolute atomic E-state index is 12.0. The van der Waals surface area contributed by atoms with Crippen molar-refractivity contribution in [2.24, 2.45) is 0 Å². The largest absolute Gasteiger partial charge is 0.573 e. The van der Waals surface area contributed by atoms with E-state index in [1.54, 1.807) is 6.92 Å². The summed E-state index contributed by atoms with van der Waals surface area (Å²) in [5, 5.41) is 0.229. The molecule has 0 fully saturated rings. The Balaban J connectivity index is 2.60. The first-order valence-electron chi connectivity index (χ1n) is 4.86. The number of hydrogen-bond acceptors (Lipinski definition) is 2. The SMILES string of the molecule is Cc1[nH]c2cc(OC(F)(F)F)ccc2c(=O)c1Cl. The molecule has 1 aromatic carbocycles. The van der Waals surface area contributed by atoms with Crippen molar-refractivity contribution < 1.29 is 17.9 Å². The summed E-state index contributed by atoms with van der Waals surface area (Å²) in [6, 6.07) is 3.41. The predicted molar refractivity (Wildman–Crippen MR) is 61.0 cm³/mol. The summed E-state index contributed by atoms with van der Waals surface area (Å²) in [7, 11) is 0. The Morgan fingerprint density at radius 2 is 2.00 bits per heavy atom. The van der Waals surface area contributed by atoms with Gasteiger partial charge in [-0.1, -0.05) is 11.6 Å². The number of ether oxygens (including phenoxy) is 1. The number of fused-ring (bicyclic) bond motifs is 1. The van der Waals surface area contributed by atoms with Crippen LogP contribution in [0.2, 0.25) is 5.02 Å². The van der Waals surface area contributed by atoms with Crippen LogP contribution in [0.4, 0.5) is 13.2 Å². The van der Waals surface area contributed by atoms with Crippen LogP contribution in [0.5, 0.6) is 5.75 Å². The van der Waals surface area contributed by atoms with E-state index in [-0.39, 0.29) is 15.9 Å². The van der Waals surface area contributed by atoms with E-state index in [9.17, 15) is 18.0 Å². The van der Waals surface area contributed by atoms with E-state index in [0.717, 1.165) is 12.1 Å². The van der Waals surface area contributed by atoms with Crippen LogP contribution >= 0.6 is 11.6 Å². The number of rotatable bonds is 1. The van der Waals surface area contributed by atoms with Gasteiger partial charge in [0.05, 0.1) is 5.52 Å². The van der Waals surface area contributed by atoms with Gasteiger partial charge in [-0.15, -0.1) is 13.2 Å². The van der Waals surface area contributed by atoms with E-state index in [2.05, 4.69) is 9.72 Å². The monoisotopic (exact) mass is 277 g/mol. The van der Waals surface area contributed by atoms with E-state index >= 15 is 0 Å². The molecule has 7 heteroatoms. The highest BCUT2D eigenvalue weighted by Crippen LogP contribution is 2.25. The standard InChI is InChI=1S/C11H7ClF3NO2/c1-5-9(12)10(17)7-3-2-6(4-8(7)16-5)18-11(13,14)15/h2-4H,1H3,(H,16,17). The van der Waals surface area contributed by atoms with Crippen molar-refractivity contribution in [1.82, 2.24) is 4.98 Å². The second-order valence-electron chi connectivity index (χ2n) is 3.65. The second kappa shape index (κ2) is 4.20. The lowest BCUT2D eigenvalue weighted by atomic mass is 10.2. The number of H-pyrrole nitrogens is 1. The summed E-state index contributed by atoms with van der Waals surface area (Å²) in [5.41, 5.74) is 0.198. The third-order valence-corrected chi connectivity index (χ3v) is 2.78. The molecule has 0 aliphatic rings. The Kier molecular flexibility index (Phi) is 2.98. The van der Waals surface area contributed by atoms with Crippen LogP contribution in [-0.4, -0.2) is 11.3 Å². The van der Waals surface area contributed by atoms with Crippen LogP contribution < -0.4 is 10.2 Å². The Morgan fingerprint density at radius 1 is 1.33 bits per heavy atom. The molecule has 0 spiro atoms. The maximum Gasteiger partial charge on any atom is 0.573 e. The zero-order chi connectivity index (χ0) is 13.5. The van der Waals surface area contributed by atoms with Gasteiger partial charge in [0.15, 0.2) is 0 Å². The third-order valence-electron chi connectivity index (χ3n) is 2.32. The molecule has 0 radical (unpaired) electrons. The number of pyridine rings is 1. The molecule has 18 heavy (non-hydrogen) atoms. The normalized spacial score (nSPS) is 11.8. The molecule has 0 saturated heterocycles. The number of nitrogens with one attached hydrogen (secondary N) is 1. The topological polar surface area (TPSA) is 42.1 Å². The number of alkyl halides is 3. The Labute approximate surface area is 104 Å². The van der Waals surface area contributed by atoms with Crippen molar-refractivity contribution in [1.29, 1.82) is 0 Å². The fraction of sp³-hybridized carbons (Fsp3) is 0.182. The van der Waals surface area contributed by atoms with Gasteiger partial charge in [-0.25, -0.2) is 0 Å². The molecular weight excluding hydrogens is 271 g/mol. The Morgan fingerprint density at radius 3 is 2.61 bits per heavy atom. The molecule has 0 amide bonds. The first-order chi connectivity index (χ1) is 8.28. The summed E-state index contributed by atoms with van der Waals surface area (Å²) < 4.78 is 39.9. The van der Waals surface area contributed by atoms with Crippen molar-refractivity contribution in [2.75, 3.05) is 0 Å². The van der Waals surface area contributed by atoms with Crippen molar-refractivity contribution in [3.63, 3.8) is 0 Å². The second-order valence-corrected chi connectivity index (χ2v) is 4.03. The summed E-state index contributed by atoms with van der Waals surface area (Å²) in [6.45, 7) is 1.56. The molecule has 0 aliphatic heterocycles. The van der Waals surface area contributed by atoms with Gasteiger partial charge >= 0.3 is 6.36 Å². The van der Waals surface area contributed by atoms with Crippen LogP contribution in [0.15, 0.2) is 23.0 Å². The van der Waals surface area contributed by atoms with Crippen LogP contribution in [-0.2, 0) is 0 Å². The van der Waals surface area contributed by atoms with E-state index in [1.807, 2.05) is 0 Å². The minimum Gasteiger partial charge on any atom is -0.406 e. The van der Waals surface area contributed by atoms with Gasteiger partial charge in [0.2, 0.25) is 5.43 Å². The lowest BCUT2D eigenvalue weighted by molar-refractivity contribution is -0.274. The molecule has 2 aromatic rings. The highest BCUT2D eigenvalue weighted by atomic mass is 35.5. The zero-order valence-corrected chi connectivity index (χ0v) is 9.82. The van der Waals surface area contributed by atoms with Crippen LogP contribution in [0, 0.1) is 6.92 Å². The number of aryl methyl sites for hydroxylation is 1. The first kappa shape index (κ1) is 12.8. The van der Waals surface area contributed by atoms with Crippen molar-refractivity contribution in [2.45, 2.75) is 13.3 Å². The molecule has 1 heterocycles. The van der Waals surface area contributed by atoms with E-state index < -0.39 is 17.5 Å². The first-order valence-corrected chi connectivity index (χ1v) is 5.23. The Bertz CT molecular complexity index is 664. The zero-order valence-electron chi connectivity index (χ0n) is 9.06. The third kappa shape index (κ3) is 2.43. The van der Waals surface area contributed by atoms with Gasteiger partial charge in [0, 0.05) is 17.1 Å². The van der Waals surface area contributed by atoms with E-state index in [0.29, 0.717) is 5.69 Å². The summed E-state index contributed by atoms with van der Waals surface area (Å²) in [4.78, 5) is 14.5. The van der Waals surface area contributed by atoms with Crippen LogP contribution in [0.25, 0.3) is 10.9 Å². The van der Waals surface area contributed by atoms with Gasteiger partial charge in [-0.3, -0.25) is 4.79 Å². The van der Waals surface area contributed by atoms with Crippen molar-refractivity contribution in [3.05, 3.63) is 39.1 Å². The molecule has 0 saturated carbocycles. The smallest absolute Gasteiger partial charge is 0.406 e. The quantitative estimate of drug-likeness (QED) is 0.868. The average Bonchev–Trinajstić information content (AvgIpc) is 2.23. The van der Waals surface area contributed by atoms with E-state index in [1.165, 1.54) is 6.07 Å². The molecule has 1 N–H and O–H groups in total. The molecule has 0 bridgehead atoms. The molecular formula is C11H7ClF3NO2. The summed E-state index contributed by atoms with van der Waals surface area (Å²) in [5.74, 6) is -0.396. The van der Waals surface area contributed by atoms with Gasteiger partial charge in [-0.2, -0.15) is 0 Å². The summed E-state index contributed by atoms with van der Waals surface area (Å²) >= 11 is 5.75. The highest BCUT2D eigenvalue weighted by molar-refractivity contribution is 6.31. The molecule has 2 rings (SSSR count). The number of benzene rings is 1. The molecule has 96 valence electrons. The summed E-state index contributed by atoms with van der Waals surface area (Å²) in [6.07, 6.45) is -4.77. The Hall–Kier alpha value is -1.69. The van der Waals surface area contributed by atoms with Gasteiger partial charge in [0.25, 0.3) is 0 Å². The number of aromatic nitrogens is 1. The lowest BCUT2D eigenvalue weighted by Crippen LogP contribution is -2.17. The fourth-order valence-electron chi connectivity index (χ4n) is 1.57. The molecule has 1 aromatic heterocycles. The van der Waals surface area contributed by atoms with E-state index in [4.69, 9.17) is 11.6 Å². The minimum absolute atomic E-state index is 0.0204. The fourth-order valence-corrected chi connectivity index (χ4v) is 1.72. The average molecular weight is 278 g/mol. The van der Waals surface area contributed by atoms with Crippen molar-refractivity contribution >= 4 is 22.5 Å². The number of aromatic amines is 1. The molecule has 0 aliphatic carbocycles. The molecule has 0 atom stereocenters. The number of halogens is 4. The molecule has 0 unspecified atom stereocenters. The van der Waals surface area contributed by atoms with Gasteiger partial charge in [0.1, 0.15) is 10.8 Å². The van der Waals surface area contributed by atoms with Crippen LogP contribution in [0.1, 0.15) is 5.69 Å². The van der Waals surface area contributed by atoms with Crippen molar-refractivity contribution in [3.8, 4) is 5.75 Å². The lowest BCUT2D eigenvalue weighted by Gasteiger charge is -2.10. The predicted octanol–water partition coefficient (Wildman–Crippen LogP) is 3.39. The molecule has 3 nitrogen and oxygen atoms in total. The van der Waals surface area contributed by atoms with Gasteiger partial charge in [-0.05, 0) is 19.1 Å². The van der Waals surface area contributed by atoms with Crippen LogP contribution in [0.3, 0.4) is 0 Å². The number of hydrogen-bond donors (Lipinski definition) is 1. The highest BCUT2D eigenvalue weighted by Gasteiger charge is 2.31. The van der Waals surface area contributed by atoms with Gasteiger partial charge < -0.3 is 9.72 Å². The maximum atomic E-state index is 12.0. The minimum atomic E-state index is -4.77.